The molecule has 0 amide bonds. The number of rotatable bonds is 5. The van der Waals surface area contributed by atoms with Gasteiger partial charge in [-0.15, -0.1) is 0 Å². The summed E-state index contributed by atoms with van der Waals surface area (Å²) in [6.07, 6.45) is 0.560. The van der Waals surface area contributed by atoms with Crippen LogP contribution in [0.3, 0.4) is 0 Å². The van der Waals surface area contributed by atoms with Crippen LogP contribution < -0.4 is 10.1 Å². The molecule has 0 aromatic heterocycles. The molecule has 0 aliphatic carbocycles. The van der Waals surface area contributed by atoms with E-state index in [0.29, 0.717) is 19.6 Å². The van der Waals surface area contributed by atoms with Crippen molar-refractivity contribution >= 4 is 15.9 Å². The minimum absolute atomic E-state index is 0.121. The van der Waals surface area contributed by atoms with Crippen molar-refractivity contribution in [3.63, 3.8) is 0 Å². The molecule has 1 aliphatic heterocycles. The summed E-state index contributed by atoms with van der Waals surface area (Å²) in [6, 6.07) is 6.15. The lowest BCUT2D eigenvalue weighted by Crippen LogP contribution is -2.46. The van der Waals surface area contributed by atoms with Crippen LogP contribution in [0.2, 0.25) is 0 Å². The van der Waals surface area contributed by atoms with Gasteiger partial charge in [0.05, 0.1) is 17.7 Å². The minimum Gasteiger partial charge on any atom is -0.496 e. The van der Waals surface area contributed by atoms with Gasteiger partial charge < -0.3 is 19.9 Å². The Morgan fingerprint density at radius 3 is 2.90 bits per heavy atom. The van der Waals surface area contributed by atoms with Crippen molar-refractivity contribution in [1.29, 1.82) is 0 Å². The average Bonchev–Trinajstić information content (AvgIpc) is 2.76. The number of benzene rings is 1. The van der Waals surface area contributed by atoms with Crippen LogP contribution in [0.4, 0.5) is 0 Å². The number of ether oxygens (including phenoxy) is 2. The third kappa shape index (κ3) is 3.34. The van der Waals surface area contributed by atoms with Crippen LogP contribution >= 0.6 is 15.9 Å². The Kier molecular flexibility index (Phi) is 5.07. The number of aliphatic hydroxyl groups is 1. The van der Waals surface area contributed by atoms with Crippen molar-refractivity contribution in [2.75, 3.05) is 20.3 Å². The van der Waals surface area contributed by atoms with E-state index in [1.165, 1.54) is 0 Å². The van der Waals surface area contributed by atoms with Gasteiger partial charge in [-0.2, -0.15) is 0 Å². The molecule has 112 valence electrons. The number of hydrogen-bond acceptors (Lipinski definition) is 4. The molecule has 1 aliphatic rings. The van der Waals surface area contributed by atoms with Crippen molar-refractivity contribution in [1.82, 2.24) is 5.32 Å². The smallest absolute Gasteiger partial charge is 0.133 e. The summed E-state index contributed by atoms with van der Waals surface area (Å²) in [4.78, 5) is 0. The lowest BCUT2D eigenvalue weighted by Gasteiger charge is -2.28. The number of halogens is 1. The van der Waals surface area contributed by atoms with Crippen LogP contribution in [0.15, 0.2) is 22.7 Å². The van der Waals surface area contributed by atoms with Gasteiger partial charge in [0.15, 0.2) is 0 Å². The van der Waals surface area contributed by atoms with Gasteiger partial charge in [0, 0.05) is 25.6 Å². The Morgan fingerprint density at radius 1 is 1.60 bits per heavy atom. The third-order valence-corrected chi connectivity index (χ3v) is 4.67. The molecule has 1 aromatic carbocycles. The lowest BCUT2D eigenvalue weighted by atomic mass is 9.96. The Balaban J connectivity index is 1.98. The summed E-state index contributed by atoms with van der Waals surface area (Å²) in [7, 11) is 1.65. The largest absolute Gasteiger partial charge is 0.496 e. The topological polar surface area (TPSA) is 50.7 Å². The van der Waals surface area contributed by atoms with Gasteiger partial charge in [-0.3, -0.25) is 0 Å². The SMILES string of the molecule is COc1ccc(C(C)NCC2(O)CCOC2C)cc1Br. The van der Waals surface area contributed by atoms with Gasteiger partial charge in [0.25, 0.3) is 0 Å². The van der Waals surface area contributed by atoms with Crippen molar-refractivity contribution in [2.45, 2.75) is 38.0 Å². The quantitative estimate of drug-likeness (QED) is 0.862. The molecule has 4 nitrogen and oxygen atoms in total. The molecule has 1 heterocycles. The van der Waals surface area contributed by atoms with Gasteiger partial charge in [0.1, 0.15) is 11.4 Å². The maximum atomic E-state index is 10.5. The summed E-state index contributed by atoms with van der Waals surface area (Å²) in [6.45, 7) is 5.15. The Labute approximate surface area is 128 Å². The van der Waals surface area contributed by atoms with Crippen LogP contribution in [-0.4, -0.2) is 37.1 Å². The zero-order chi connectivity index (χ0) is 14.8. The summed E-state index contributed by atoms with van der Waals surface area (Å²) < 4.78 is 11.6. The van der Waals surface area contributed by atoms with Crippen LogP contribution in [0.25, 0.3) is 0 Å². The molecule has 0 saturated carbocycles. The van der Waals surface area contributed by atoms with Crippen molar-refractivity contribution in [2.24, 2.45) is 0 Å². The number of hydrogen-bond donors (Lipinski definition) is 2. The van der Waals surface area contributed by atoms with Crippen molar-refractivity contribution < 1.29 is 14.6 Å². The average molecular weight is 344 g/mol. The Bertz CT molecular complexity index is 468. The molecule has 5 heteroatoms. The molecule has 2 N–H and O–H groups in total. The van der Waals surface area contributed by atoms with E-state index in [-0.39, 0.29) is 12.1 Å². The van der Waals surface area contributed by atoms with Crippen LogP contribution in [0, 0.1) is 0 Å². The van der Waals surface area contributed by atoms with Gasteiger partial charge >= 0.3 is 0 Å². The van der Waals surface area contributed by atoms with Crippen LogP contribution in [0.1, 0.15) is 31.9 Å². The van der Waals surface area contributed by atoms with E-state index in [0.717, 1.165) is 15.8 Å². The third-order valence-electron chi connectivity index (χ3n) is 4.05. The number of nitrogens with one attached hydrogen (secondary N) is 1. The second-order valence-electron chi connectivity index (χ2n) is 5.36. The van der Waals surface area contributed by atoms with E-state index < -0.39 is 5.60 Å². The van der Waals surface area contributed by atoms with E-state index in [1.54, 1.807) is 7.11 Å². The molecule has 1 saturated heterocycles. The first kappa shape index (κ1) is 15.8. The molecule has 2 rings (SSSR count). The maximum absolute atomic E-state index is 10.5. The van der Waals surface area contributed by atoms with E-state index in [9.17, 15) is 5.11 Å². The fourth-order valence-corrected chi connectivity index (χ4v) is 2.96. The molecule has 3 atom stereocenters. The first-order valence-corrected chi connectivity index (χ1v) is 7.66. The fraction of sp³-hybridized carbons (Fsp3) is 0.600. The second-order valence-corrected chi connectivity index (χ2v) is 6.22. The Hall–Kier alpha value is -0.620. The molecular formula is C15H22BrNO3. The monoisotopic (exact) mass is 343 g/mol. The molecule has 0 bridgehead atoms. The highest BCUT2D eigenvalue weighted by molar-refractivity contribution is 9.10. The van der Waals surface area contributed by atoms with Crippen molar-refractivity contribution in [3.05, 3.63) is 28.2 Å². The standard InChI is InChI=1S/C15H22BrNO3/c1-10(12-4-5-14(19-3)13(16)8-12)17-9-15(18)6-7-20-11(15)2/h4-5,8,10-11,17-18H,6-7,9H2,1-3H3. The van der Waals surface area contributed by atoms with Gasteiger partial charge in [0.2, 0.25) is 0 Å². The minimum atomic E-state index is -0.766. The number of methoxy groups -OCH3 is 1. The van der Waals surface area contributed by atoms with Gasteiger partial charge in [-0.05, 0) is 47.5 Å². The first-order chi connectivity index (χ1) is 9.46. The fourth-order valence-electron chi connectivity index (χ4n) is 2.40. The molecule has 1 fully saturated rings. The predicted molar refractivity (Wildman–Crippen MR) is 82.1 cm³/mol. The highest BCUT2D eigenvalue weighted by Crippen LogP contribution is 2.29. The van der Waals surface area contributed by atoms with E-state index >= 15 is 0 Å². The maximum Gasteiger partial charge on any atom is 0.133 e. The first-order valence-electron chi connectivity index (χ1n) is 6.87. The zero-order valence-corrected chi connectivity index (χ0v) is 13.7. The highest BCUT2D eigenvalue weighted by Gasteiger charge is 2.39. The molecular weight excluding hydrogens is 322 g/mol. The molecule has 3 unspecified atom stereocenters. The normalized spacial score (nSPS) is 27.6. The summed E-state index contributed by atoms with van der Waals surface area (Å²) in [5.74, 6) is 0.817. The molecule has 0 spiro atoms. The molecule has 20 heavy (non-hydrogen) atoms. The van der Waals surface area contributed by atoms with Gasteiger partial charge in [-0.25, -0.2) is 0 Å². The van der Waals surface area contributed by atoms with Gasteiger partial charge in [-0.1, -0.05) is 6.07 Å². The van der Waals surface area contributed by atoms with Crippen LogP contribution in [0.5, 0.6) is 5.75 Å². The highest BCUT2D eigenvalue weighted by atomic mass is 79.9. The van der Waals surface area contributed by atoms with Crippen molar-refractivity contribution in [3.8, 4) is 5.75 Å². The molecule has 1 aromatic rings. The van der Waals surface area contributed by atoms with E-state index in [4.69, 9.17) is 9.47 Å². The molecule has 0 radical (unpaired) electrons. The van der Waals surface area contributed by atoms with E-state index in [2.05, 4.69) is 28.2 Å². The lowest BCUT2D eigenvalue weighted by molar-refractivity contribution is -0.0274. The summed E-state index contributed by atoms with van der Waals surface area (Å²) in [5, 5.41) is 13.9. The second kappa shape index (κ2) is 6.43. The zero-order valence-electron chi connectivity index (χ0n) is 12.1. The predicted octanol–water partition coefficient (Wildman–Crippen LogP) is 2.65. The summed E-state index contributed by atoms with van der Waals surface area (Å²) in [5.41, 5.74) is 0.380. The van der Waals surface area contributed by atoms with Crippen LogP contribution in [-0.2, 0) is 4.74 Å². The Morgan fingerprint density at radius 2 is 2.35 bits per heavy atom. The summed E-state index contributed by atoms with van der Waals surface area (Å²) >= 11 is 3.49. The van der Waals surface area contributed by atoms with E-state index in [1.807, 2.05) is 25.1 Å².